The van der Waals surface area contributed by atoms with Crippen molar-refractivity contribution in [3.8, 4) is 0 Å². The Morgan fingerprint density at radius 1 is 1.38 bits per heavy atom. The SMILES string of the molecule is Cc1sc(C2C=CC(Cl)=CC2)nc1C1C(=O)C/C(=C\c2ccoc2)C1=O. The fourth-order valence-corrected chi connectivity index (χ4v) is 4.51. The van der Waals surface area contributed by atoms with Crippen molar-refractivity contribution >= 4 is 40.6 Å². The van der Waals surface area contributed by atoms with Gasteiger partial charge in [0.25, 0.3) is 0 Å². The molecule has 4 nitrogen and oxygen atoms in total. The first-order valence-electron chi connectivity index (χ1n) is 8.33. The summed E-state index contributed by atoms with van der Waals surface area (Å²) in [4.78, 5) is 31.0. The lowest BCUT2D eigenvalue weighted by Crippen LogP contribution is -2.14. The molecule has 0 radical (unpaired) electrons. The smallest absolute Gasteiger partial charge is 0.175 e. The van der Waals surface area contributed by atoms with E-state index < -0.39 is 5.92 Å². The summed E-state index contributed by atoms with van der Waals surface area (Å²) in [6, 6.07) is 1.76. The maximum Gasteiger partial charge on any atom is 0.175 e. The van der Waals surface area contributed by atoms with Gasteiger partial charge < -0.3 is 4.42 Å². The van der Waals surface area contributed by atoms with Crippen LogP contribution >= 0.6 is 22.9 Å². The van der Waals surface area contributed by atoms with E-state index in [2.05, 4.69) is 4.98 Å². The molecule has 0 aliphatic heterocycles. The lowest BCUT2D eigenvalue weighted by atomic mass is 9.99. The zero-order valence-corrected chi connectivity index (χ0v) is 15.6. The van der Waals surface area contributed by atoms with Crippen LogP contribution in [0.1, 0.15) is 45.8 Å². The summed E-state index contributed by atoms with van der Waals surface area (Å²) in [6.45, 7) is 1.92. The second kappa shape index (κ2) is 6.82. The van der Waals surface area contributed by atoms with E-state index in [1.54, 1.807) is 36.0 Å². The van der Waals surface area contributed by atoms with Crippen molar-refractivity contribution in [3.05, 3.63) is 68.6 Å². The van der Waals surface area contributed by atoms with Crippen LogP contribution in [0.25, 0.3) is 6.08 Å². The normalized spacial score (nSPS) is 24.5. The maximum absolute atomic E-state index is 12.8. The highest BCUT2D eigenvalue weighted by Crippen LogP contribution is 2.39. The van der Waals surface area contributed by atoms with E-state index in [0.717, 1.165) is 26.9 Å². The van der Waals surface area contributed by atoms with Gasteiger partial charge in [0.05, 0.1) is 18.2 Å². The molecule has 132 valence electrons. The Labute approximate surface area is 159 Å². The van der Waals surface area contributed by atoms with E-state index in [0.29, 0.717) is 11.3 Å². The Bertz CT molecular complexity index is 965. The molecule has 2 unspecified atom stereocenters. The van der Waals surface area contributed by atoms with Crippen LogP contribution in [0, 0.1) is 6.92 Å². The Morgan fingerprint density at radius 2 is 2.23 bits per heavy atom. The number of nitrogens with zero attached hydrogens (tertiary/aromatic N) is 1. The highest BCUT2D eigenvalue weighted by atomic mass is 35.5. The molecule has 2 atom stereocenters. The molecule has 2 aromatic rings. The number of aromatic nitrogens is 1. The fraction of sp³-hybridized carbons (Fsp3) is 0.250. The quantitative estimate of drug-likeness (QED) is 0.555. The van der Waals surface area contributed by atoms with Crippen LogP contribution in [-0.4, -0.2) is 16.6 Å². The number of hydrogen-bond acceptors (Lipinski definition) is 5. The summed E-state index contributed by atoms with van der Waals surface area (Å²) in [5, 5.41) is 1.65. The summed E-state index contributed by atoms with van der Waals surface area (Å²) in [7, 11) is 0. The van der Waals surface area contributed by atoms with Crippen molar-refractivity contribution in [1.82, 2.24) is 4.98 Å². The summed E-state index contributed by atoms with van der Waals surface area (Å²) >= 11 is 7.52. The largest absolute Gasteiger partial charge is 0.472 e. The third kappa shape index (κ3) is 3.13. The van der Waals surface area contributed by atoms with Crippen LogP contribution in [0.15, 0.2) is 51.8 Å². The van der Waals surface area contributed by atoms with Gasteiger partial charge in [0.2, 0.25) is 0 Å². The van der Waals surface area contributed by atoms with Gasteiger partial charge in [-0.25, -0.2) is 4.98 Å². The summed E-state index contributed by atoms with van der Waals surface area (Å²) in [6.07, 6.45) is 11.6. The second-order valence-corrected chi connectivity index (χ2v) is 8.12. The van der Waals surface area contributed by atoms with Gasteiger partial charge in [-0.3, -0.25) is 9.59 Å². The van der Waals surface area contributed by atoms with E-state index in [1.165, 1.54) is 0 Å². The van der Waals surface area contributed by atoms with E-state index >= 15 is 0 Å². The van der Waals surface area contributed by atoms with E-state index in [4.69, 9.17) is 16.0 Å². The molecule has 1 fully saturated rings. The Kier molecular flexibility index (Phi) is 4.51. The number of halogens is 1. The highest BCUT2D eigenvalue weighted by Gasteiger charge is 2.41. The monoisotopic (exact) mass is 385 g/mol. The predicted octanol–water partition coefficient (Wildman–Crippen LogP) is 4.92. The van der Waals surface area contributed by atoms with Crippen LogP contribution in [-0.2, 0) is 9.59 Å². The molecule has 4 rings (SSSR count). The Morgan fingerprint density at radius 3 is 2.92 bits per heavy atom. The van der Waals surface area contributed by atoms with Crippen molar-refractivity contribution in [2.45, 2.75) is 31.6 Å². The Hall–Kier alpha value is -2.24. The van der Waals surface area contributed by atoms with Gasteiger partial charge in [0.15, 0.2) is 11.6 Å². The number of Topliss-reactive ketones (excluding diaryl/α,β-unsaturated/α-hetero) is 2. The minimum Gasteiger partial charge on any atom is -0.472 e. The third-order valence-electron chi connectivity index (χ3n) is 4.64. The van der Waals surface area contributed by atoms with E-state index in [9.17, 15) is 9.59 Å². The van der Waals surface area contributed by atoms with Gasteiger partial charge in [0.1, 0.15) is 10.9 Å². The lowest BCUT2D eigenvalue weighted by molar-refractivity contribution is -0.123. The molecule has 2 aliphatic rings. The first kappa shape index (κ1) is 17.2. The molecule has 0 N–H and O–H groups in total. The fourth-order valence-electron chi connectivity index (χ4n) is 3.30. The van der Waals surface area contributed by atoms with Crippen LogP contribution in [0.4, 0.5) is 0 Å². The van der Waals surface area contributed by atoms with Gasteiger partial charge in [-0.1, -0.05) is 23.8 Å². The van der Waals surface area contributed by atoms with Gasteiger partial charge in [0, 0.05) is 33.4 Å². The first-order valence-corrected chi connectivity index (χ1v) is 9.53. The number of furan rings is 1. The zero-order chi connectivity index (χ0) is 18.3. The standard InChI is InChI=1S/C20H16ClNO3S/c1-11-18(22-20(26-11)13-2-4-15(21)5-3-13)17-16(23)9-14(19(17)24)8-12-6-7-25-10-12/h2,4-8,10,13,17H,3,9H2,1H3/b14-8+. The van der Waals surface area contributed by atoms with Crippen LogP contribution in [0.2, 0.25) is 0 Å². The highest BCUT2D eigenvalue weighted by molar-refractivity contribution is 7.11. The molecule has 2 heterocycles. The number of carbonyl (C=O) groups is 2. The van der Waals surface area contributed by atoms with Crippen molar-refractivity contribution in [2.24, 2.45) is 0 Å². The molecule has 1 saturated carbocycles. The number of rotatable bonds is 3. The molecule has 0 saturated heterocycles. The van der Waals surface area contributed by atoms with Crippen molar-refractivity contribution in [2.75, 3.05) is 0 Å². The summed E-state index contributed by atoms with van der Waals surface area (Å²) in [5.74, 6) is -0.891. The molecule has 0 aromatic carbocycles. The van der Waals surface area contributed by atoms with Crippen molar-refractivity contribution < 1.29 is 14.0 Å². The third-order valence-corrected chi connectivity index (χ3v) is 6.04. The van der Waals surface area contributed by atoms with E-state index in [1.807, 2.05) is 25.2 Å². The number of aryl methyl sites for hydroxylation is 1. The van der Waals surface area contributed by atoms with Crippen LogP contribution < -0.4 is 0 Å². The van der Waals surface area contributed by atoms with Gasteiger partial charge >= 0.3 is 0 Å². The second-order valence-electron chi connectivity index (χ2n) is 6.45. The number of hydrogen-bond donors (Lipinski definition) is 0. The number of ketones is 2. The molecule has 2 aromatic heterocycles. The molecule has 6 heteroatoms. The molecule has 26 heavy (non-hydrogen) atoms. The van der Waals surface area contributed by atoms with Crippen molar-refractivity contribution in [1.29, 1.82) is 0 Å². The zero-order valence-electron chi connectivity index (χ0n) is 14.1. The summed E-state index contributed by atoms with van der Waals surface area (Å²) < 4.78 is 5.02. The molecule has 0 amide bonds. The molecule has 0 spiro atoms. The van der Waals surface area contributed by atoms with Crippen LogP contribution in [0.3, 0.4) is 0 Å². The number of carbonyl (C=O) groups excluding carboxylic acids is 2. The Balaban J connectivity index is 1.62. The number of allylic oxidation sites excluding steroid dienone is 5. The minimum absolute atomic E-state index is 0.0909. The topological polar surface area (TPSA) is 60.2 Å². The van der Waals surface area contributed by atoms with Gasteiger partial charge in [-0.05, 0) is 31.6 Å². The predicted molar refractivity (Wildman–Crippen MR) is 101 cm³/mol. The summed E-state index contributed by atoms with van der Waals surface area (Å²) in [5.41, 5.74) is 1.90. The maximum atomic E-state index is 12.8. The van der Waals surface area contributed by atoms with Gasteiger partial charge in [-0.15, -0.1) is 11.3 Å². The molecular weight excluding hydrogens is 370 g/mol. The molecule has 0 bridgehead atoms. The molecular formula is C20H16ClNO3S. The number of thiazole rings is 1. The minimum atomic E-state index is -0.787. The van der Waals surface area contributed by atoms with Gasteiger partial charge in [-0.2, -0.15) is 0 Å². The lowest BCUT2D eigenvalue weighted by Gasteiger charge is -2.10. The first-order chi connectivity index (χ1) is 12.5. The molecule has 2 aliphatic carbocycles. The average molecular weight is 386 g/mol. The van der Waals surface area contributed by atoms with E-state index in [-0.39, 0.29) is 23.9 Å². The average Bonchev–Trinajstić information content (AvgIpc) is 3.31. The van der Waals surface area contributed by atoms with Crippen molar-refractivity contribution in [3.63, 3.8) is 0 Å². The van der Waals surface area contributed by atoms with Crippen LogP contribution in [0.5, 0.6) is 0 Å².